The van der Waals surface area contributed by atoms with Crippen LogP contribution in [0.2, 0.25) is 0 Å². The molecule has 0 unspecified atom stereocenters. The third-order valence-electron chi connectivity index (χ3n) is 5.13. The zero-order valence-corrected chi connectivity index (χ0v) is 14.8. The van der Waals surface area contributed by atoms with Crippen molar-refractivity contribution in [1.82, 2.24) is 15.0 Å². The molecule has 1 N–H and O–H groups in total. The Labute approximate surface area is 146 Å². The number of benzene rings is 1. The molecule has 1 aliphatic carbocycles. The van der Waals surface area contributed by atoms with Gasteiger partial charge in [0.15, 0.2) is 0 Å². The second-order valence-corrected chi connectivity index (χ2v) is 8.47. The molecule has 6 heteroatoms. The van der Waals surface area contributed by atoms with Gasteiger partial charge in [-0.2, -0.15) is 4.98 Å². The Morgan fingerprint density at radius 2 is 1.88 bits per heavy atom. The van der Waals surface area contributed by atoms with Crippen molar-refractivity contribution in [3.63, 3.8) is 0 Å². The molecule has 0 bridgehead atoms. The average Bonchev–Trinajstić information content (AvgIpc) is 2.99. The standard InChI is InChI=1S/C19H23N3O3/c1-18(2,3)17-20-15(21-25-17)12-4-6-13(7-5-12)16(24)22-10-19(11-22)8-14(23)9-19/h4-7,14,23H,8-11H2,1-3H3. The zero-order chi connectivity index (χ0) is 17.8. The molecule has 1 spiro atoms. The Hall–Kier alpha value is -2.21. The summed E-state index contributed by atoms with van der Waals surface area (Å²) in [5, 5.41) is 13.5. The molecule has 2 fully saturated rings. The van der Waals surface area contributed by atoms with Crippen LogP contribution in [0.15, 0.2) is 28.8 Å². The van der Waals surface area contributed by atoms with E-state index in [0.29, 0.717) is 17.3 Å². The number of amides is 1. The molecular weight excluding hydrogens is 318 g/mol. The third kappa shape index (κ3) is 2.84. The average molecular weight is 341 g/mol. The summed E-state index contributed by atoms with van der Waals surface area (Å²) in [7, 11) is 0. The van der Waals surface area contributed by atoms with E-state index in [1.165, 1.54) is 0 Å². The van der Waals surface area contributed by atoms with E-state index in [2.05, 4.69) is 10.1 Å². The van der Waals surface area contributed by atoms with Crippen molar-refractivity contribution in [1.29, 1.82) is 0 Å². The van der Waals surface area contributed by atoms with Gasteiger partial charge in [0, 0.05) is 35.0 Å². The van der Waals surface area contributed by atoms with Crippen molar-refractivity contribution < 1.29 is 14.4 Å². The van der Waals surface area contributed by atoms with Crippen molar-refractivity contribution in [2.24, 2.45) is 5.41 Å². The van der Waals surface area contributed by atoms with Crippen LogP contribution in [-0.4, -0.2) is 45.2 Å². The fourth-order valence-electron chi connectivity index (χ4n) is 3.69. The molecule has 4 rings (SSSR count). The molecule has 1 saturated carbocycles. The first-order chi connectivity index (χ1) is 11.8. The van der Waals surface area contributed by atoms with Gasteiger partial charge in [0.2, 0.25) is 11.7 Å². The normalized spacial score (nSPS) is 19.6. The molecule has 0 atom stereocenters. The minimum Gasteiger partial charge on any atom is -0.393 e. The predicted octanol–water partition coefficient (Wildman–Crippen LogP) is 2.63. The summed E-state index contributed by atoms with van der Waals surface area (Å²) in [6, 6.07) is 7.33. The van der Waals surface area contributed by atoms with E-state index < -0.39 is 0 Å². The largest absolute Gasteiger partial charge is 0.393 e. The number of likely N-dealkylation sites (tertiary alicyclic amines) is 1. The van der Waals surface area contributed by atoms with Crippen LogP contribution in [0.1, 0.15) is 49.9 Å². The summed E-state index contributed by atoms with van der Waals surface area (Å²) >= 11 is 0. The lowest BCUT2D eigenvalue weighted by Gasteiger charge is -2.57. The first kappa shape index (κ1) is 16.3. The smallest absolute Gasteiger partial charge is 0.253 e. The molecule has 0 radical (unpaired) electrons. The number of hydrogen-bond acceptors (Lipinski definition) is 5. The van der Waals surface area contributed by atoms with Gasteiger partial charge in [-0.15, -0.1) is 0 Å². The van der Waals surface area contributed by atoms with Gasteiger partial charge in [0.1, 0.15) is 0 Å². The first-order valence-corrected chi connectivity index (χ1v) is 8.68. The second kappa shape index (κ2) is 5.39. The number of aliphatic hydroxyl groups excluding tert-OH is 1. The van der Waals surface area contributed by atoms with Crippen LogP contribution in [0, 0.1) is 5.41 Å². The monoisotopic (exact) mass is 341 g/mol. The molecule has 1 aromatic carbocycles. The molecule has 1 amide bonds. The molecule has 6 nitrogen and oxygen atoms in total. The quantitative estimate of drug-likeness (QED) is 0.908. The van der Waals surface area contributed by atoms with Gasteiger partial charge in [0.05, 0.1) is 6.10 Å². The van der Waals surface area contributed by atoms with Gasteiger partial charge in [-0.05, 0) is 25.0 Å². The Morgan fingerprint density at radius 1 is 1.24 bits per heavy atom. The minimum atomic E-state index is -0.191. The molecular formula is C19H23N3O3. The van der Waals surface area contributed by atoms with Gasteiger partial charge < -0.3 is 14.5 Å². The van der Waals surface area contributed by atoms with Crippen LogP contribution in [-0.2, 0) is 5.41 Å². The van der Waals surface area contributed by atoms with E-state index in [4.69, 9.17) is 4.52 Å². The van der Waals surface area contributed by atoms with E-state index in [1.807, 2.05) is 49.9 Å². The highest BCUT2D eigenvalue weighted by Gasteiger charge is 2.53. The van der Waals surface area contributed by atoms with Crippen LogP contribution in [0.4, 0.5) is 0 Å². The molecule has 132 valence electrons. The lowest BCUT2D eigenvalue weighted by atomic mass is 9.62. The molecule has 2 aliphatic rings. The second-order valence-electron chi connectivity index (χ2n) is 8.47. The maximum atomic E-state index is 12.5. The maximum Gasteiger partial charge on any atom is 0.253 e. The number of hydrogen-bond donors (Lipinski definition) is 1. The van der Waals surface area contributed by atoms with Crippen molar-refractivity contribution in [2.45, 2.75) is 45.1 Å². The number of carbonyl (C=O) groups excluding carboxylic acids is 1. The Balaban J connectivity index is 1.44. The van der Waals surface area contributed by atoms with Crippen LogP contribution in [0.5, 0.6) is 0 Å². The highest BCUT2D eigenvalue weighted by atomic mass is 16.5. The van der Waals surface area contributed by atoms with E-state index in [-0.39, 0.29) is 22.8 Å². The van der Waals surface area contributed by atoms with Crippen LogP contribution >= 0.6 is 0 Å². The van der Waals surface area contributed by atoms with E-state index >= 15 is 0 Å². The summed E-state index contributed by atoms with van der Waals surface area (Å²) in [4.78, 5) is 18.8. The summed E-state index contributed by atoms with van der Waals surface area (Å²) in [5.74, 6) is 1.17. The predicted molar refractivity (Wildman–Crippen MR) is 92.0 cm³/mol. The van der Waals surface area contributed by atoms with Gasteiger partial charge in [-0.1, -0.05) is 38.1 Å². The Morgan fingerprint density at radius 3 is 2.40 bits per heavy atom. The highest BCUT2D eigenvalue weighted by Crippen LogP contribution is 2.48. The Bertz CT molecular complexity index is 790. The van der Waals surface area contributed by atoms with E-state index in [9.17, 15) is 9.90 Å². The number of nitrogens with zero attached hydrogens (tertiary/aromatic N) is 3. The van der Waals surface area contributed by atoms with Crippen LogP contribution in [0.25, 0.3) is 11.4 Å². The third-order valence-corrected chi connectivity index (χ3v) is 5.13. The summed E-state index contributed by atoms with van der Waals surface area (Å²) < 4.78 is 5.32. The number of aromatic nitrogens is 2. The van der Waals surface area contributed by atoms with E-state index in [0.717, 1.165) is 31.5 Å². The van der Waals surface area contributed by atoms with Crippen LogP contribution < -0.4 is 0 Å². The number of rotatable bonds is 2. The first-order valence-electron chi connectivity index (χ1n) is 8.68. The Kier molecular flexibility index (Phi) is 3.51. The molecule has 2 heterocycles. The van der Waals surface area contributed by atoms with Gasteiger partial charge in [-0.3, -0.25) is 4.79 Å². The SMILES string of the molecule is CC(C)(C)c1nc(-c2ccc(C(=O)N3CC4(CC(O)C4)C3)cc2)no1. The fraction of sp³-hybridized carbons (Fsp3) is 0.526. The summed E-state index contributed by atoms with van der Waals surface area (Å²) in [5.41, 5.74) is 1.49. The molecule has 2 aromatic rings. The zero-order valence-electron chi connectivity index (χ0n) is 14.8. The van der Waals surface area contributed by atoms with Gasteiger partial charge in [-0.25, -0.2) is 0 Å². The van der Waals surface area contributed by atoms with Crippen molar-refractivity contribution in [3.05, 3.63) is 35.7 Å². The lowest BCUT2D eigenvalue weighted by Crippen LogP contribution is -2.64. The molecule has 1 aliphatic heterocycles. The van der Waals surface area contributed by atoms with E-state index in [1.54, 1.807) is 0 Å². The lowest BCUT2D eigenvalue weighted by molar-refractivity contribution is -0.113. The summed E-state index contributed by atoms with van der Waals surface area (Å²) in [6.07, 6.45) is 1.47. The van der Waals surface area contributed by atoms with Gasteiger partial charge in [0.25, 0.3) is 5.91 Å². The highest BCUT2D eigenvalue weighted by molar-refractivity contribution is 5.95. The number of carbonyl (C=O) groups is 1. The molecule has 1 aromatic heterocycles. The van der Waals surface area contributed by atoms with Gasteiger partial charge >= 0.3 is 0 Å². The summed E-state index contributed by atoms with van der Waals surface area (Å²) in [6.45, 7) is 7.57. The van der Waals surface area contributed by atoms with Crippen LogP contribution in [0.3, 0.4) is 0 Å². The van der Waals surface area contributed by atoms with Crippen molar-refractivity contribution >= 4 is 5.91 Å². The minimum absolute atomic E-state index is 0.0436. The molecule has 25 heavy (non-hydrogen) atoms. The fourth-order valence-corrected chi connectivity index (χ4v) is 3.69. The molecule has 1 saturated heterocycles. The van der Waals surface area contributed by atoms with Crippen molar-refractivity contribution in [2.75, 3.05) is 13.1 Å². The van der Waals surface area contributed by atoms with Crippen molar-refractivity contribution in [3.8, 4) is 11.4 Å². The number of aliphatic hydroxyl groups is 1. The maximum absolute atomic E-state index is 12.5. The topological polar surface area (TPSA) is 79.5 Å².